The van der Waals surface area contributed by atoms with E-state index in [2.05, 4.69) is 5.32 Å². The van der Waals surface area contributed by atoms with Gasteiger partial charge in [-0.05, 0) is 44.3 Å². The molecule has 1 aromatic heterocycles. The van der Waals surface area contributed by atoms with Crippen LogP contribution in [-0.2, 0) is 16.1 Å². The van der Waals surface area contributed by atoms with Gasteiger partial charge < -0.3 is 4.57 Å². The van der Waals surface area contributed by atoms with Gasteiger partial charge in [0.2, 0.25) is 0 Å². The predicted octanol–water partition coefficient (Wildman–Crippen LogP) is 1.15. The van der Waals surface area contributed by atoms with Crippen LogP contribution in [-0.4, -0.2) is 32.9 Å². The number of rotatable bonds is 3. The summed E-state index contributed by atoms with van der Waals surface area (Å²) in [6.45, 7) is 5.02. The molecule has 0 radical (unpaired) electrons. The molecule has 100 valence electrons. The van der Waals surface area contributed by atoms with Gasteiger partial charge in [-0.25, -0.2) is 0 Å². The molecule has 1 aliphatic rings. The van der Waals surface area contributed by atoms with Gasteiger partial charge in [0, 0.05) is 25.0 Å². The van der Waals surface area contributed by atoms with Crippen molar-refractivity contribution in [2.24, 2.45) is 0 Å². The van der Waals surface area contributed by atoms with Gasteiger partial charge in [0.15, 0.2) is 5.11 Å². The quantitative estimate of drug-likeness (QED) is 0.512. The maximum Gasteiger partial charge on any atom is 0.265 e. The number of aromatic nitrogens is 1. The Morgan fingerprint density at radius 2 is 2.05 bits per heavy atom. The summed E-state index contributed by atoms with van der Waals surface area (Å²) in [4.78, 5) is 25.5. The Hall–Kier alpha value is -1.95. The van der Waals surface area contributed by atoms with Crippen LogP contribution in [0.3, 0.4) is 0 Å². The number of amides is 2. The number of carbonyl (C=O) groups excluding carboxylic acids is 2. The highest BCUT2D eigenvalue weighted by atomic mass is 32.1. The zero-order valence-corrected chi connectivity index (χ0v) is 11.7. The van der Waals surface area contributed by atoms with Crippen molar-refractivity contribution in [3.63, 3.8) is 0 Å². The van der Waals surface area contributed by atoms with Crippen LogP contribution in [0.4, 0.5) is 0 Å². The average molecular weight is 277 g/mol. The zero-order valence-electron chi connectivity index (χ0n) is 10.8. The van der Waals surface area contributed by atoms with E-state index in [1.807, 2.05) is 36.7 Å². The van der Waals surface area contributed by atoms with Crippen molar-refractivity contribution in [2.75, 3.05) is 6.54 Å². The number of hydrogen-bond acceptors (Lipinski definition) is 3. The third kappa shape index (κ3) is 2.44. The van der Waals surface area contributed by atoms with Gasteiger partial charge in [0.05, 0.1) is 0 Å². The lowest BCUT2D eigenvalue weighted by Gasteiger charge is -2.27. The smallest absolute Gasteiger partial charge is 0.265 e. The first-order chi connectivity index (χ1) is 9.08. The number of aryl methyl sites for hydroxylation is 1. The maximum absolute atomic E-state index is 12.2. The second kappa shape index (κ2) is 5.36. The Morgan fingerprint density at radius 1 is 1.32 bits per heavy atom. The standard InChI is InChI=1S/C13H15N3O2S/c1-3-15-7-5-6-9(15)8-10-11(17)14-13(19)16(4-2)12(10)18/h5-8H,3-4H2,1-2H3,(H,14,17,19)/b10-8+. The third-order valence-electron chi connectivity index (χ3n) is 3.00. The minimum Gasteiger partial charge on any atom is -0.348 e. The minimum atomic E-state index is -0.441. The first-order valence-corrected chi connectivity index (χ1v) is 6.53. The van der Waals surface area contributed by atoms with E-state index in [1.165, 1.54) is 4.90 Å². The van der Waals surface area contributed by atoms with Crippen molar-refractivity contribution in [1.29, 1.82) is 0 Å². The van der Waals surface area contributed by atoms with Crippen molar-refractivity contribution in [3.8, 4) is 0 Å². The number of nitrogens with one attached hydrogen (secondary N) is 1. The molecule has 0 aromatic carbocycles. The van der Waals surface area contributed by atoms with Crippen molar-refractivity contribution >= 4 is 35.2 Å². The highest BCUT2D eigenvalue weighted by molar-refractivity contribution is 7.80. The summed E-state index contributed by atoms with van der Waals surface area (Å²) in [6, 6.07) is 3.74. The van der Waals surface area contributed by atoms with Gasteiger partial charge in [0.1, 0.15) is 5.57 Å². The fraction of sp³-hybridized carbons (Fsp3) is 0.308. The van der Waals surface area contributed by atoms with Crippen molar-refractivity contribution < 1.29 is 9.59 Å². The van der Waals surface area contributed by atoms with Gasteiger partial charge in [0.25, 0.3) is 11.8 Å². The van der Waals surface area contributed by atoms with Crippen LogP contribution >= 0.6 is 12.2 Å². The summed E-state index contributed by atoms with van der Waals surface area (Å²) >= 11 is 4.97. The molecule has 0 atom stereocenters. The van der Waals surface area contributed by atoms with Gasteiger partial charge >= 0.3 is 0 Å². The number of nitrogens with zero attached hydrogens (tertiary/aromatic N) is 2. The third-order valence-corrected chi connectivity index (χ3v) is 3.32. The van der Waals surface area contributed by atoms with Gasteiger partial charge in [-0.3, -0.25) is 19.8 Å². The molecule has 1 saturated heterocycles. The summed E-state index contributed by atoms with van der Waals surface area (Å²) in [6.07, 6.45) is 3.51. The van der Waals surface area contributed by atoms with Crippen LogP contribution < -0.4 is 5.32 Å². The van der Waals surface area contributed by atoms with Crippen LogP contribution in [0, 0.1) is 0 Å². The molecular formula is C13H15N3O2S. The van der Waals surface area contributed by atoms with Crippen molar-refractivity contribution in [1.82, 2.24) is 14.8 Å². The Morgan fingerprint density at radius 3 is 2.68 bits per heavy atom. The van der Waals surface area contributed by atoms with E-state index in [9.17, 15) is 9.59 Å². The summed E-state index contributed by atoms with van der Waals surface area (Å²) < 4.78 is 1.96. The van der Waals surface area contributed by atoms with Gasteiger partial charge in [-0.1, -0.05) is 0 Å². The highest BCUT2D eigenvalue weighted by Gasteiger charge is 2.32. The highest BCUT2D eigenvalue weighted by Crippen LogP contribution is 2.15. The molecule has 0 saturated carbocycles. The second-order valence-corrected chi connectivity index (χ2v) is 4.47. The topological polar surface area (TPSA) is 54.3 Å². The number of likely N-dealkylation sites (N-methyl/N-ethyl adjacent to an activating group) is 1. The van der Waals surface area contributed by atoms with E-state index in [0.29, 0.717) is 6.54 Å². The van der Waals surface area contributed by atoms with Crippen molar-refractivity contribution in [3.05, 3.63) is 29.6 Å². The second-order valence-electron chi connectivity index (χ2n) is 4.09. The lowest BCUT2D eigenvalue weighted by Crippen LogP contribution is -2.53. The maximum atomic E-state index is 12.2. The molecule has 19 heavy (non-hydrogen) atoms. The van der Waals surface area contributed by atoms with Gasteiger partial charge in [-0.15, -0.1) is 0 Å². The number of carbonyl (C=O) groups is 2. The van der Waals surface area contributed by atoms with Crippen molar-refractivity contribution in [2.45, 2.75) is 20.4 Å². The lowest BCUT2D eigenvalue weighted by atomic mass is 10.1. The minimum absolute atomic E-state index is 0.115. The summed E-state index contributed by atoms with van der Waals surface area (Å²) in [5.41, 5.74) is 0.939. The SMILES string of the molecule is CCN1C(=O)/C(=C/c2cccn2CC)C(=O)NC1=S. The average Bonchev–Trinajstić information content (AvgIpc) is 2.82. The molecule has 1 aromatic rings. The number of hydrogen-bond donors (Lipinski definition) is 1. The Bertz CT molecular complexity index is 574. The van der Waals surface area contributed by atoms with Crippen LogP contribution in [0.15, 0.2) is 23.9 Å². The molecule has 0 unspecified atom stereocenters. The summed E-state index contributed by atoms with van der Waals surface area (Å²) in [7, 11) is 0. The zero-order chi connectivity index (χ0) is 14.0. The van der Waals surface area contributed by atoms with Crippen LogP contribution in [0.5, 0.6) is 0 Å². The monoisotopic (exact) mass is 277 g/mol. The first-order valence-electron chi connectivity index (χ1n) is 6.12. The molecule has 0 aliphatic carbocycles. The molecule has 1 N–H and O–H groups in total. The molecular weight excluding hydrogens is 262 g/mol. The molecule has 0 bridgehead atoms. The lowest BCUT2D eigenvalue weighted by molar-refractivity contribution is -0.128. The normalized spacial score (nSPS) is 18.1. The number of thiocarbonyl (C=S) groups is 1. The molecule has 0 spiro atoms. The fourth-order valence-corrected chi connectivity index (χ4v) is 2.28. The summed E-state index contributed by atoms with van der Waals surface area (Å²) in [5, 5.41) is 2.70. The van der Waals surface area contributed by atoms with E-state index >= 15 is 0 Å². The van der Waals surface area contributed by atoms with Crippen LogP contribution in [0.25, 0.3) is 6.08 Å². The molecule has 2 rings (SSSR count). The molecule has 6 heteroatoms. The fourth-order valence-electron chi connectivity index (χ4n) is 1.98. The van der Waals surface area contributed by atoms with E-state index in [4.69, 9.17) is 12.2 Å². The van der Waals surface area contributed by atoms with Crippen LogP contribution in [0.1, 0.15) is 19.5 Å². The summed E-state index contributed by atoms with van der Waals surface area (Å²) in [5.74, 6) is -0.788. The van der Waals surface area contributed by atoms with E-state index in [0.717, 1.165) is 12.2 Å². The van der Waals surface area contributed by atoms with E-state index in [-0.39, 0.29) is 16.6 Å². The first kappa shape index (κ1) is 13.5. The Kier molecular flexibility index (Phi) is 3.80. The largest absolute Gasteiger partial charge is 0.348 e. The van der Waals surface area contributed by atoms with E-state index < -0.39 is 5.91 Å². The molecule has 5 nitrogen and oxygen atoms in total. The predicted molar refractivity (Wildman–Crippen MR) is 76.2 cm³/mol. The Balaban J connectivity index is 2.40. The Labute approximate surface area is 116 Å². The molecule has 1 aliphatic heterocycles. The van der Waals surface area contributed by atoms with E-state index in [1.54, 1.807) is 6.08 Å². The molecule has 2 amide bonds. The van der Waals surface area contributed by atoms with Crippen LogP contribution in [0.2, 0.25) is 0 Å². The van der Waals surface area contributed by atoms with Gasteiger partial charge in [-0.2, -0.15) is 0 Å². The molecule has 1 fully saturated rings. The molecule has 2 heterocycles.